The van der Waals surface area contributed by atoms with Crippen molar-refractivity contribution in [1.29, 1.82) is 0 Å². The molecule has 0 fully saturated rings. The second-order valence-corrected chi connectivity index (χ2v) is 4.91. The van der Waals surface area contributed by atoms with Crippen molar-refractivity contribution in [3.8, 4) is 0 Å². The number of nitro groups is 1. The van der Waals surface area contributed by atoms with Crippen molar-refractivity contribution in [2.75, 3.05) is 5.73 Å². The predicted octanol–water partition coefficient (Wildman–Crippen LogP) is 3.01. The van der Waals surface area contributed by atoms with Gasteiger partial charge in [0.15, 0.2) is 0 Å². The van der Waals surface area contributed by atoms with Gasteiger partial charge >= 0.3 is 0 Å². The highest BCUT2D eigenvalue weighted by Gasteiger charge is 2.30. The van der Waals surface area contributed by atoms with Gasteiger partial charge in [0, 0.05) is 11.6 Å². The number of carbonyl (C=O) groups is 1. The Labute approximate surface area is 122 Å². The normalized spacial score (nSPS) is 11.2. The molecule has 3 N–H and O–H groups in total. The van der Waals surface area contributed by atoms with Gasteiger partial charge in [0.05, 0.1) is 4.92 Å². The number of anilines is 1. The summed E-state index contributed by atoms with van der Waals surface area (Å²) in [6.07, 6.45) is 2.01. The lowest BCUT2D eigenvalue weighted by atomic mass is 9.89. The van der Waals surface area contributed by atoms with Crippen LogP contribution in [-0.4, -0.2) is 16.4 Å². The Hall–Kier alpha value is -2.18. The summed E-state index contributed by atoms with van der Waals surface area (Å²) in [5.74, 6) is -1.59. The molecule has 7 heteroatoms. The first-order valence-corrected chi connectivity index (χ1v) is 6.86. The van der Waals surface area contributed by atoms with E-state index in [1.54, 1.807) is 0 Å². The molecule has 0 saturated carbocycles. The van der Waals surface area contributed by atoms with Crippen molar-refractivity contribution in [3.63, 3.8) is 0 Å². The fraction of sp³-hybridized carbons (Fsp3) is 0.500. The number of nitrogens with one attached hydrogen (secondary N) is 1. The topological polar surface area (TPSA) is 98.3 Å². The van der Waals surface area contributed by atoms with E-state index < -0.39 is 39.1 Å². The minimum absolute atomic E-state index is 0.449. The highest BCUT2D eigenvalue weighted by atomic mass is 19.1. The maximum absolute atomic E-state index is 13.9. The van der Waals surface area contributed by atoms with Crippen LogP contribution in [0.15, 0.2) is 12.1 Å². The van der Waals surface area contributed by atoms with E-state index in [0.29, 0.717) is 19.3 Å². The Morgan fingerprint density at radius 1 is 1.33 bits per heavy atom. The number of nitrogens with zero attached hydrogens (tertiary/aromatic N) is 1. The number of halogens is 1. The molecule has 0 radical (unpaired) electrons. The van der Waals surface area contributed by atoms with E-state index in [1.807, 2.05) is 20.8 Å². The van der Waals surface area contributed by atoms with E-state index in [9.17, 15) is 19.3 Å². The van der Waals surface area contributed by atoms with Crippen LogP contribution in [0.5, 0.6) is 0 Å². The van der Waals surface area contributed by atoms with Crippen molar-refractivity contribution >= 4 is 17.3 Å². The number of benzene rings is 1. The molecule has 0 aliphatic rings. The number of hydrogen-bond donors (Lipinski definition) is 2. The summed E-state index contributed by atoms with van der Waals surface area (Å²) in [5.41, 5.74) is 3.72. The van der Waals surface area contributed by atoms with Gasteiger partial charge < -0.3 is 11.1 Å². The average molecular weight is 297 g/mol. The lowest BCUT2D eigenvalue weighted by Crippen LogP contribution is -2.47. The van der Waals surface area contributed by atoms with Crippen LogP contribution in [-0.2, 0) is 0 Å². The largest absolute Gasteiger partial charge is 0.392 e. The van der Waals surface area contributed by atoms with Gasteiger partial charge in [0.1, 0.15) is 17.1 Å². The third kappa shape index (κ3) is 3.29. The highest BCUT2D eigenvalue weighted by Crippen LogP contribution is 2.28. The van der Waals surface area contributed by atoms with Gasteiger partial charge in [-0.25, -0.2) is 4.39 Å². The number of nitrogen functional groups attached to an aromatic ring is 1. The highest BCUT2D eigenvalue weighted by molar-refractivity contribution is 6.01. The van der Waals surface area contributed by atoms with E-state index in [4.69, 9.17) is 5.73 Å². The number of rotatable bonds is 6. The van der Waals surface area contributed by atoms with Crippen LogP contribution in [0.3, 0.4) is 0 Å². The molecule has 1 aromatic carbocycles. The first-order valence-electron chi connectivity index (χ1n) is 6.86. The fourth-order valence-corrected chi connectivity index (χ4v) is 2.29. The molecule has 1 aromatic rings. The molecule has 0 heterocycles. The summed E-state index contributed by atoms with van der Waals surface area (Å²) in [4.78, 5) is 22.4. The first kappa shape index (κ1) is 16.9. The minimum Gasteiger partial charge on any atom is -0.392 e. The Morgan fingerprint density at radius 2 is 1.86 bits per heavy atom. The van der Waals surface area contributed by atoms with Crippen molar-refractivity contribution < 1.29 is 14.1 Å². The van der Waals surface area contributed by atoms with Crippen LogP contribution < -0.4 is 11.1 Å². The van der Waals surface area contributed by atoms with Crippen molar-refractivity contribution in [2.45, 2.75) is 45.6 Å². The molecule has 1 rings (SSSR count). The standard InChI is InChI=1S/C14H20FN3O3/c1-4-14(5-2,6-3)17-13(19)11-9(15)7-8-10(12(11)16)18(20)21/h7-8H,4-6,16H2,1-3H3,(H,17,19). The maximum Gasteiger partial charge on any atom is 0.293 e. The van der Waals surface area contributed by atoms with E-state index in [1.165, 1.54) is 0 Å². The molecule has 0 bridgehead atoms. The molecule has 0 saturated heterocycles. The Kier molecular flexibility index (Phi) is 5.23. The lowest BCUT2D eigenvalue weighted by Gasteiger charge is -2.32. The van der Waals surface area contributed by atoms with E-state index >= 15 is 0 Å². The second-order valence-electron chi connectivity index (χ2n) is 4.91. The van der Waals surface area contributed by atoms with Gasteiger partial charge in [-0.2, -0.15) is 0 Å². The van der Waals surface area contributed by atoms with Crippen LogP contribution in [0.4, 0.5) is 15.8 Å². The van der Waals surface area contributed by atoms with Gasteiger partial charge in [-0.05, 0) is 25.3 Å². The molecule has 0 aliphatic carbocycles. The van der Waals surface area contributed by atoms with Gasteiger partial charge in [-0.3, -0.25) is 14.9 Å². The number of nitrogens with two attached hydrogens (primary N) is 1. The summed E-state index contributed by atoms with van der Waals surface area (Å²) in [5, 5.41) is 13.6. The maximum atomic E-state index is 13.9. The molecule has 0 unspecified atom stereocenters. The van der Waals surface area contributed by atoms with Crippen LogP contribution in [0.2, 0.25) is 0 Å². The summed E-state index contributed by atoms with van der Waals surface area (Å²) < 4.78 is 13.9. The smallest absolute Gasteiger partial charge is 0.293 e. The Balaban J connectivity index is 3.25. The molecular formula is C14H20FN3O3. The van der Waals surface area contributed by atoms with Crippen LogP contribution in [0, 0.1) is 15.9 Å². The van der Waals surface area contributed by atoms with E-state index in [2.05, 4.69) is 5.32 Å². The predicted molar refractivity (Wildman–Crippen MR) is 78.5 cm³/mol. The van der Waals surface area contributed by atoms with E-state index in [0.717, 1.165) is 12.1 Å². The third-order valence-electron chi connectivity index (χ3n) is 4.00. The van der Waals surface area contributed by atoms with E-state index in [-0.39, 0.29) is 0 Å². The molecular weight excluding hydrogens is 277 g/mol. The number of amides is 1. The Bertz CT molecular complexity index is 548. The van der Waals surface area contributed by atoms with Gasteiger partial charge in [0.25, 0.3) is 11.6 Å². The number of carbonyl (C=O) groups excluding carboxylic acids is 1. The molecule has 0 aliphatic heterocycles. The molecule has 116 valence electrons. The van der Waals surface area contributed by atoms with Crippen molar-refractivity contribution in [2.24, 2.45) is 0 Å². The molecule has 1 amide bonds. The van der Waals surface area contributed by atoms with Crippen molar-refractivity contribution in [3.05, 3.63) is 33.6 Å². The summed E-state index contributed by atoms with van der Waals surface area (Å²) in [6, 6.07) is 1.84. The zero-order valence-corrected chi connectivity index (χ0v) is 12.4. The summed E-state index contributed by atoms with van der Waals surface area (Å²) in [7, 11) is 0. The molecule has 6 nitrogen and oxygen atoms in total. The average Bonchev–Trinajstić information content (AvgIpc) is 2.44. The summed E-state index contributed by atoms with van der Waals surface area (Å²) >= 11 is 0. The minimum atomic E-state index is -0.868. The van der Waals surface area contributed by atoms with Gasteiger partial charge in [-0.15, -0.1) is 0 Å². The monoisotopic (exact) mass is 297 g/mol. The lowest BCUT2D eigenvalue weighted by molar-refractivity contribution is -0.384. The van der Waals surface area contributed by atoms with Gasteiger partial charge in [0.2, 0.25) is 0 Å². The number of hydrogen-bond acceptors (Lipinski definition) is 4. The molecule has 0 aromatic heterocycles. The van der Waals surface area contributed by atoms with Gasteiger partial charge in [-0.1, -0.05) is 20.8 Å². The zero-order valence-electron chi connectivity index (χ0n) is 12.4. The fourth-order valence-electron chi connectivity index (χ4n) is 2.29. The van der Waals surface area contributed by atoms with Crippen LogP contribution in [0.25, 0.3) is 0 Å². The van der Waals surface area contributed by atoms with Crippen LogP contribution >= 0.6 is 0 Å². The van der Waals surface area contributed by atoms with Crippen molar-refractivity contribution in [1.82, 2.24) is 5.32 Å². The third-order valence-corrected chi connectivity index (χ3v) is 4.00. The second kappa shape index (κ2) is 6.51. The Morgan fingerprint density at radius 3 is 2.29 bits per heavy atom. The summed E-state index contributed by atoms with van der Waals surface area (Å²) in [6.45, 7) is 5.75. The molecule has 0 spiro atoms. The first-order chi connectivity index (χ1) is 9.81. The van der Waals surface area contributed by atoms with Crippen LogP contribution in [0.1, 0.15) is 50.4 Å². The number of nitro benzene ring substituents is 1. The molecule has 21 heavy (non-hydrogen) atoms. The molecule has 0 atom stereocenters. The zero-order chi connectivity index (χ0) is 16.2. The SMILES string of the molecule is CCC(CC)(CC)NC(=O)c1c(F)ccc([N+](=O)[O-])c1N. The quantitative estimate of drug-likeness (QED) is 0.479.